The molecule has 10 heteroatoms. The Hall–Kier alpha value is -4.48. The van der Waals surface area contributed by atoms with Gasteiger partial charge in [-0.3, -0.25) is 0 Å². The van der Waals surface area contributed by atoms with Crippen molar-refractivity contribution in [1.29, 1.82) is 0 Å². The van der Waals surface area contributed by atoms with Gasteiger partial charge in [0.25, 0.3) is 0 Å². The molecule has 0 unspecified atom stereocenters. The van der Waals surface area contributed by atoms with E-state index in [0.717, 1.165) is 11.1 Å². The predicted molar refractivity (Wildman–Crippen MR) is 180 cm³/mol. The third kappa shape index (κ3) is 12.0. The molecule has 0 aromatic heterocycles. The van der Waals surface area contributed by atoms with Crippen molar-refractivity contribution in [1.82, 2.24) is 0 Å². The average molecular weight is 661 g/mol. The highest BCUT2D eigenvalue weighted by atomic mass is 16.6. The van der Waals surface area contributed by atoms with E-state index in [1.165, 1.54) is 0 Å². The van der Waals surface area contributed by atoms with Gasteiger partial charge in [0.05, 0.1) is 52.9 Å². The monoisotopic (exact) mass is 660 g/mol. The van der Waals surface area contributed by atoms with Crippen molar-refractivity contribution >= 4 is 0 Å². The van der Waals surface area contributed by atoms with Gasteiger partial charge in [0.2, 0.25) is 11.5 Å². The highest BCUT2D eigenvalue weighted by molar-refractivity contribution is 5.52. The van der Waals surface area contributed by atoms with Crippen LogP contribution >= 0.6 is 0 Å². The van der Waals surface area contributed by atoms with Crippen molar-refractivity contribution in [2.45, 2.75) is 13.2 Å². The summed E-state index contributed by atoms with van der Waals surface area (Å²) in [6.45, 7) is 5.29. The first-order chi connectivity index (χ1) is 23.9. The van der Waals surface area contributed by atoms with Crippen LogP contribution in [0.25, 0.3) is 0 Å². The Morgan fingerprint density at radius 3 is 0.938 bits per heavy atom. The lowest BCUT2D eigenvalue weighted by atomic mass is 10.2. The van der Waals surface area contributed by atoms with Crippen molar-refractivity contribution in [3.63, 3.8) is 0 Å². The minimum Gasteiger partial charge on any atom is -0.487 e. The SMILES string of the molecule is c1ccc(COc2c3cccc2OCCOCCOCCOc2cccc(c2OCc2ccccc2)OCCOCCOCCO3)cc1. The van der Waals surface area contributed by atoms with Crippen LogP contribution in [0.5, 0.6) is 34.5 Å². The molecule has 0 aliphatic carbocycles. The van der Waals surface area contributed by atoms with E-state index in [-0.39, 0.29) is 0 Å². The summed E-state index contributed by atoms with van der Waals surface area (Å²) in [7, 11) is 0. The fourth-order valence-corrected chi connectivity index (χ4v) is 4.68. The summed E-state index contributed by atoms with van der Waals surface area (Å²) in [5.41, 5.74) is 2.08. The Morgan fingerprint density at radius 2 is 0.625 bits per heavy atom. The lowest BCUT2D eigenvalue weighted by molar-refractivity contribution is 0.0248. The van der Waals surface area contributed by atoms with Crippen molar-refractivity contribution in [3.8, 4) is 34.5 Å². The fourth-order valence-electron chi connectivity index (χ4n) is 4.68. The number of hydrogen-bond donors (Lipinski definition) is 0. The molecular formula is C38H44O10. The van der Waals surface area contributed by atoms with Gasteiger partial charge < -0.3 is 47.4 Å². The molecule has 0 amide bonds. The third-order valence-corrected chi connectivity index (χ3v) is 7.02. The van der Waals surface area contributed by atoms with Crippen LogP contribution in [-0.4, -0.2) is 79.3 Å². The number of ether oxygens (including phenoxy) is 10. The van der Waals surface area contributed by atoms with E-state index in [1.54, 1.807) is 0 Å². The molecule has 0 radical (unpaired) electrons. The van der Waals surface area contributed by atoms with Crippen molar-refractivity contribution in [2.24, 2.45) is 0 Å². The van der Waals surface area contributed by atoms with Crippen LogP contribution in [0.2, 0.25) is 0 Å². The Morgan fingerprint density at radius 1 is 0.333 bits per heavy atom. The van der Waals surface area contributed by atoms with Gasteiger partial charge in [0.15, 0.2) is 23.0 Å². The zero-order chi connectivity index (χ0) is 32.9. The second kappa shape index (κ2) is 20.7. The van der Waals surface area contributed by atoms with Gasteiger partial charge in [0.1, 0.15) is 39.6 Å². The Bertz CT molecular complexity index is 1280. The zero-order valence-corrected chi connectivity index (χ0v) is 27.2. The summed E-state index contributed by atoms with van der Waals surface area (Å²) in [5, 5.41) is 0. The number of fused-ring (bicyclic) bond motifs is 4. The molecule has 0 saturated carbocycles. The number of rotatable bonds is 6. The molecule has 4 aromatic carbocycles. The van der Waals surface area contributed by atoms with E-state index >= 15 is 0 Å². The number of hydrogen-bond acceptors (Lipinski definition) is 10. The molecule has 0 fully saturated rings. The minimum absolute atomic E-state index is 0.335. The van der Waals surface area contributed by atoms with E-state index in [0.29, 0.717) is 127 Å². The van der Waals surface area contributed by atoms with Gasteiger partial charge in [-0.15, -0.1) is 0 Å². The van der Waals surface area contributed by atoms with Crippen LogP contribution < -0.4 is 28.4 Å². The first-order valence-corrected chi connectivity index (χ1v) is 16.3. The molecule has 48 heavy (non-hydrogen) atoms. The molecular weight excluding hydrogens is 616 g/mol. The van der Waals surface area contributed by atoms with Crippen LogP contribution in [0.1, 0.15) is 11.1 Å². The molecule has 0 atom stereocenters. The molecule has 0 N–H and O–H groups in total. The molecule has 10 nitrogen and oxygen atoms in total. The van der Waals surface area contributed by atoms with Crippen LogP contribution in [0.15, 0.2) is 97.1 Å². The molecule has 1 aliphatic heterocycles. The topological polar surface area (TPSA) is 92.3 Å². The van der Waals surface area contributed by atoms with Gasteiger partial charge in [-0.1, -0.05) is 72.8 Å². The van der Waals surface area contributed by atoms with Crippen molar-refractivity contribution in [3.05, 3.63) is 108 Å². The van der Waals surface area contributed by atoms with Crippen LogP contribution in [-0.2, 0) is 32.2 Å². The largest absolute Gasteiger partial charge is 0.487 e. The molecule has 4 bridgehead atoms. The van der Waals surface area contributed by atoms with Gasteiger partial charge in [-0.25, -0.2) is 0 Å². The molecule has 0 spiro atoms. The second-order valence-corrected chi connectivity index (χ2v) is 10.6. The van der Waals surface area contributed by atoms with E-state index < -0.39 is 0 Å². The van der Waals surface area contributed by atoms with Crippen LogP contribution in [0, 0.1) is 0 Å². The van der Waals surface area contributed by atoms with Crippen LogP contribution in [0.3, 0.4) is 0 Å². The first kappa shape index (κ1) is 34.8. The molecule has 4 aromatic rings. The molecule has 0 saturated heterocycles. The second-order valence-electron chi connectivity index (χ2n) is 10.6. The van der Waals surface area contributed by atoms with Crippen molar-refractivity contribution < 1.29 is 47.4 Å². The third-order valence-electron chi connectivity index (χ3n) is 7.02. The maximum absolute atomic E-state index is 6.19. The van der Waals surface area contributed by atoms with Gasteiger partial charge in [0, 0.05) is 0 Å². The molecule has 1 aliphatic rings. The Kier molecular flexibility index (Phi) is 15.0. The lowest BCUT2D eigenvalue weighted by Gasteiger charge is -2.18. The standard InChI is InChI=1S/C38H44O10/c1-3-9-31(10-4-1)29-47-37-33-13-7-14-34(37)44-26-22-40-18-20-42-24-28-46-36-16-8-15-35(38(36)48-30-32-11-5-2-6-12-32)45-27-23-41-19-17-39-21-25-43-33/h1-16H,17-30H2. The normalized spacial score (nSPS) is 15.8. The molecule has 256 valence electrons. The quantitative estimate of drug-likeness (QED) is 0.240. The summed E-state index contributed by atoms with van der Waals surface area (Å²) in [6.07, 6.45) is 0. The average Bonchev–Trinajstić information content (AvgIpc) is 3.12. The maximum atomic E-state index is 6.19. The minimum atomic E-state index is 0.335. The smallest absolute Gasteiger partial charge is 0.203 e. The Balaban J connectivity index is 1.16. The highest BCUT2D eigenvalue weighted by Crippen LogP contribution is 2.39. The maximum Gasteiger partial charge on any atom is 0.203 e. The molecule has 5 rings (SSSR count). The van der Waals surface area contributed by atoms with E-state index in [2.05, 4.69) is 0 Å². The summed E-state index contributed by atoms with van der Waals surface area (Å²) >= 11 is 0. The highest BCUT2D eigenvalue weighted by Gasteiger charge is 2.15. The first-order valence-electron chi connectivity index (χ1n) is 16.3. The number of para-hydroxylation sites is 2. The zero-order valence-electron chi connectivity index (χ0n) is 27.2. The van der Waals surface area contributed by atoms with Gasteiger partial charge in [-0.2, -0.15) is 0 Å². The lowest BCUT2D eigenvalue weighted by Crippen LogP contribution is -2.15. The van der Waals surface area contributed by atoms with Gasteiger partial charge >= 0.3 is 0 Å². The van der Waals surface area contributed by atoms with E-state index in [4.69, 9.17) is 47.4 Å². The van der Waals surface area contributed by atoms with Crippen LogP contribution in [0.4, 0.5) is 0 Å². The number of benzene rings is 4. The summed E-state index contributed by atoms with van der Waals surface area (Å²) in [5.74, 6) is 3.38. The van der Waals surface area contributed by atoms with E-state index in [9.17, 15) is 0 Å². The predicted octanol–water partition coefficient (Wildman–Crippen LogP) is 6.14. The summed E-state index contributed by atoms with van der Waals surface area (Å²) < 4.78 is 59.5. The van der Waals surface area contributed by atoms with E-state index in [1.807, 2.05) is 97.1 Å². The summed E-state index contributed by atoms with van der Waals surface area (Å²) in [6, 6.07) is 31.1. The fraction of sp³-hybridized carbons (Fsp3) is 0.368. The Labute approximate surface area is 282 Å². The van der Waals surface area contributed by atoms with Gasteiger partial charge in [-0.05, 0) is 35.4 Å². The van der Waals surface area contributed by atoms with Crippen molar-refractivity contribution in [2.75, 3.05) is 79.3 Å². The summed E-state index contributed by atoms with van der Waals surface area (Å²) in [4.78, 5) is 0. The molecule has 1 heterocycles.